The maximum atomic E-state index is 13.7. The summed E-state index contributed by atoms with van der Waals surface area (Å²) >= 11 is 1.10. The highest BCUT2D eigenvalue weighted by Gasteiger charge is 2.36. The molecule has 0 saturated heterocycles. The van der Waals surface area contributed by atoms with Gasteiger partial charge in [-0.3, -0.25) is 19.5 Å². The van der Waals surface area contributed by atoms with Crippen molar-refractivity contribution in [1.82, 2.24) is 4.57 Å². The number of carbonyl (C=O) groups is 1. The van der Waals surface area contributed by atoms with E-state index in [1.165, 1.54) is 16.7 Å². The highest BCUT2D eigenvalue weighted by molar-refractivity contribution is 7.07. The maximum absolute atomic E-state index is 13.7. The van der Waals surface area contributed by atoms with E-state index in [4.69, 9.17) is 28.7 Å². The predicted octanol–water partition coefficient (Wildman–Crippen LogP) is 4.52. The van der Waals surface area contributed by atoms with E-state index in [2.05, 4.69) is 0 Å². The molecule has 0 N–H and O–H groups in total. The number of esters is 1. The monoisotopic (exact) mass is 643 g/mol. The molecular weight excluding hydrogens is 614 g/mol. The van der Waals surface area contributed by atoms with Crippen LogP contribution >= 0.6 is 11.3 Å². The minimum Gasteiger partial charge on any atom is -0.490 e. The fraction of sp³-hybridized carbons (Fsp3) is 0.242. The SMILES string of the molecule is CCOC(=O)C1=C(C)n2c(s/c(=C\c3ccc4c(c3)OCO4)c2=O)=N[C@@H]1c1cc(OCC)c(OCc2ccccc2)cc1[N+](=O)[O-]. The molecule has 13 heteroatoms. The number of aromatic nitrogens is 1. The second kappa shape index (κ2) is 12.9. The fourth-order valence-electron chi connectivity index (χ4n) is 5.26. The standard InChI is InChI=1S/C33H29N3O9S/c1-4-41-26-15-22(23(36(39)40)16-27(26)43-17-20-9-7-6-8-10-20)30-29(32(38)42-5-2)19(3)35-31(37)28(46-33(35)34-30)14-21-11-12-24-25(13-21)45-18-44-24/h6-16,30H,4-5,17-18H2,1-3H3/b28-14-/t30-/m1/s1. The first kappa shape index (κ1) is 30.6. The zero-order valence-corrected chi connectivity index (χ0v) is 26.0. The van der Waals surface area contributed by atoms with Crippen LogP contribution in [-0.4, -0.2) is 35.5 Å². The Hall–Kier alpha value is -5.43. The summed E-state index contributed by atoms with van der Waals surface area (Å²) in [5, 5.41) is 12.5. The van der Waals surface area contributed by atoms with E-state index in [9.17, 15) is 19.7 Å². The molecule has 0 spiro atoms. The third kappa shape index (κ3) is 5.84. The summed E-state index contributed by atoms with van der Waals surface area (Å²) in [6.07, 6.45) is 1.69. The number of rotatable bonds is 10. The van der Waals surface area contributed by atoms with Crippen LogP contribution < -0.4 is 33.8 Å². The van der Waals surface area contributed by atoms with Crippen molar-refractivity contribution in [1.29, 1.82) is 0 Å². The van der Waals surface area contributed by atoms with Crippen LogP contribution in [0.1, 0.15) is 43.5 Å². The molecule has 0 radical (unpaired) electrons. The molecule has 1 atom stereocenters. The first-order valence-electron chi connectivity index (χ1n) is 14.5. The van der Waals surface area contributed by atoms with Gasteiger partial charge in [0, 0.05) is 5.70 Å². The molecule has 236 valence electrons. The van der Waals surface area contributed by atoms with Gasteiger partial charge in [-0.25, -0.2) is 9.79 Å². The molecule has 2 aliphatic rings. The van der Waals surface area contributed by atoms with E-state index in [1.54, 1.807) is 45.0 Å². The predicted molar refractivity (Wildman–Crippen MR) is 169 cm³/mol. The fourth-order valence-corrected chi connectivity index (χ4v) is 6.29. The van der Waals surface area contributed by atoms with Gasteiger partial charge in [-0.1, -0.05) is 47.7 Å². The molecule has 0 aliphatic carbocycles. The van der Waals surface area contributed by atoms with Crippen LogP contribution in [0.4, 0.5) is 5.69 Å². The lowest BCUT2D eigenvalue weighted by Crippen LogP contribution is -2.35. The van der Waals surface area contributed by atoms with E-state index >= 15 is 0 Å². The lowest BCUT2D eigenvalue weighted by Gasteiger charge is -2.23. The normalized spacial score (nSPS) is 15.3. The van der Waals surface area contributed by atoms with Crippen molar-refractivity contribution in [3.63, 3.8) is 0 Å². The van der Waals surface area contributed by atoms with Gasteiger partial charge in [-0.15, -0.1) is 0 Å². The van der Waals surface area contributed by atoms with Crippen molar-refractivity contribution < 1.29 is 33.4 Å². The van der Waals surface area contributed by atoms with Gasteiger partial charge in [-0.2, -0.15) is 0 Å². The summed E-state index contributed by atoms with van der Waals surface area (Å²) < 4.78 is 29.7. The number of ether oxygens (including phenoxy) is 5. The highest BCUT2D eigenvalue weighted by Crippen LogP contribution is 2.43. The zero-order valence-electron chi connectivity index (χ0n) is 25.2. The van der Waals surface area contributed by atoms with E-state index in [0.717, 1.165) is 16.9 Å². The Kier molecular flexibility index (Phi) is 8.57. The molecular formula is C33H29N3O9S. The Labute approximate surface area is 266 Å². The molecule has 0 bridgehead atoms. The molecule has 6 rings (SSSR count). The van der Waals surface area contributed by atoms with Crippen LogP contribution in [0.5, 0.6) is 23.0 Å². The first-order valence-corrected chi connectivity index (χ1v) is 15.3. The Morgan fingerprint density at radius 3 is 2.57 bits per heavy atom. The quantitative estimate of drug-likeness (QED) is 0.139. The van der Waals surface area contributed by atoms with E-state index in [0.29, 0.717) is 21.6 Å². The molecule has 3 aromatic carbocycles. The summed E-state index contributed by atoms with van der Waals surface area (Å²) in [4.78, 5) is 44.1. The lowest BCUT2D eigenvalue weighted by atomic mass is 9.94. The summed E-state index contributed by atoms with van der Waals surface area (Å²) in [5.41, 5.74) is 1.21. The number of hydrogen-bond donors (Lipinski definition) is 0. The Balaban J connectivity index is 1.50. The molecule has 0 amide bonds. The number of fused-ring (bicyclic) bond motifs is 2. The minimum atomic E-state index is -1.17. The molecule has 2 aliphatic heterocycles. The van der Waals surface area contributed by atoms with Crippen molar-refractivity contribution in [2.24, 2.45) is 4.99 Å². The maximum Gasteiger partial charge on any atom is 0.338 e. The van der Waals surface area contributed by atoms with Gasteiger partial charge in [0.25, 0.3) is 11.2 Å². The average Bonchev–Trinajstić information content (AvgIpc) is 3.64. The lowest BCUT2D eigenvalue weighted by molar-refractivity contribution is -0.385. The third-order valence-electron chi connectivity index (χ3n) is 7.36. The highest BCUT2D eigenvalue weighted by atomic mass is 32.1. The zero-order chi connectivity index (χ0) is 32.4. The van der Waals surface area contributed by atoms with Gasteiger partial charge in [-0.05, 0) is 56.2 Å². The topological polar surface area (TPSA) is 141 Å². The summed E-state index contributed by atoms with van der Waals surface area (Å²) in [7, 11) is 0. The van der Waals surface area contributed by atoms with Gasteiger partial charge in [0.05, 0.1) is 39.9 Å². The number of benzene rings is 3. The van der Waals surface area contributed by atoms with Gasteiger partial charge in [0.15, 0.2) is 27.8 Å². The molecule has 46 heavy (non-hydrogen) atoms. The first-order chi connectivity index (χ1) is 22.3. The van der Waals surface area contributed by atoms with E-state index in [-0.39, 0.29) is 65.4 Å². The van der Waals surface area contributed by atoms with Crippen LogP contribution in [0.2, 0.25) is 0 Å². The van der Waals surface area contributed by atoms with Crippen molar-refractivity contribution in [2.45, 2.75) is 33.4 Å². The van der Waals surface area contributed by atoms with Crippen molar-refractivity contribution in [3.8, 4) is 23.0 Å². The van der Waals surface area contributed by atoms with Crippen LogP contribution in [0.15, 0.2) is 76.0 Å². The average molecular weight is 644 g/mol. The number of nitrogens with zero attached hydrogens (tertiary/aromatic N) is 3. The van der Waals surface area contributed by atoms with Crippen LogP contribution in [0.25, 0.3) is 11.8 Å². The number of nitro benzene ring substituents is 1. The summed E-state index contributed by atoms with van der Waals surface area (Å²) in [6, 6.07) is 16.3. The molecule has 4 aromatic rings. The molecule has 0 unspecified atom stereocenters. The van der Waals surface area contributed by atoms with E-state index in [1.807, 2.05) is 30.3 Å². The molecule has 0 fully saturated rings. The van der Waals surface area contributed by atoms with Crippen molar-refractivity contribution in [3.05, 3.63) is 113 Å². The molecule has 1 aromatic heterocycles. The third-order valence-corrected chi connectivity index (χ3v) is 8.34. The number of thiazole rings is 1. The summed E-state index contributed by atoms with van der Waals surface area (Å²) in [6.45, 7) is 5.61. The van der Waals surface area contributed by atoms with Crippen LogP contribution in [-0.2, 0) is 16.1 Å². The molecule has 3 heterocycles. The second-order valence-electron chi connectivity index (χ2n) is 10.2. The number of carbonyl (C=O) groups excluding carboxylic acids is 1. The molecule has 0 saturated carbocycles. The Bertz CT molecular complexity index is 2050. The van der Waals surface area contributed by atoms with Crippen LogP contribution in [0, 0.1) is 10.1 Å². The summed E-state index contributed by atoms with van der Waals surface area (Å²) in [5.74, 6) is 0.856. The second-order valence-corrected chi connectivity index (χ2v) is 11.2. The Morgan fingerprint density at radius 2 is 1.83 bits per heavy atom. The van der Waals surface area contributed by atoms with Gasteiger partial charge < -0.3 is 23.7 Å². The Morgan fingerprint density at radius 1 is 1.07 bits per heavy atom. The van der Waals surface area contributed by atoms with Crippen molar-refractivity contribution >= 4 is 34.8 Å². The van der Waals surface area contributed by atoms with E-state index < -0.39 is 22.5 Å². The largest absolute Gasteiger partial charge is 0.490 e. The molecule has 12 nitrogen and oxygen atoms in total. The van der Waals surface area contributed by atoms with Gasteiger partial charge in [0.2, 0.25) is 6.79 Å². The van der Waals surface area contributed by atoms with Crippen LogP contribution in [0.3, 0.4) is 0 Å². The van der Waals surface area contributed by atoms with Crippen molar-refractivity contribution in [2.75, 3.05) is 20.0 Å². The number of hydrogen-bond acceptors (Lipinski definition) is 11. The minimum absolute atomic E-state index is 0.00684. The smallest absolute Gasteiger partial charge is 0.338 e. The van der Waals surface area contributed by atoms with Gasteiger partial charge >= 0.3 is 5.97 Å². The van der Waals surface area contributed by atoms with Gasteiger partial charge in [0.1, 0.15) is 12.6 Å². The number of nitro groups is 1. The number of allylic oxidation sites excluding steroid dienone is 1.